The van der Waals surface area contributed by atoms with Gasteiger partial charge in [0.1, 0.15) is 0 Å². The van der Waals surface area contributed by atoms with Crippen LogP contribution in [0.4, 0.5) is 5.69 Å². The van der Waals surface area contributed by atoms with Crippen molar-refractivity contribution in [3.63, 3.8) is 0 Å². The van der Waals surface area contributed by atoms with Crippen molar-refractivity contribution in [2.75, 3.05) is 18.1 Å². The zero-order chi connectivity index (χ0) is 17.3. The van der Waals surface area contributed by atoms with E-state index in [1.807, 2.05) is 12.2 Å². The molecule has 3 fully saturated rings. The fourth-order valence-corrected chi connectivity index (χ4v) is 4.98. The molecule has 2 bridgehead atoms. The molecule has 4 aliphatic rings. The molecule has 4 aliphatic heterocycles. The normalized spacial score (nSPS) is 36.7. The molecular weight excluding hydrogens is 414 g/mol. The first-order chi connectivity index (χ1) is 12.0. The van der Waals surface area contributed by atoms with Crippen LogP contribution in [0, 0.1) is 11.8 Å². The van der Waals surface area contributed by atoms with Crippen molar-refractivity contribution < 1.29 is 23.8 Å². The number of hydrogen-bond donors (Lipinski definition) is 0. The van der Waals surface area contributed by atoms with Gasteiger partial charge in [-0.05, 0) is 24.3 Å². The van der Waals surface area contributed by atoms with E-state index in [9.17, 15) is 9.59 Å². The van der Waals surface area contributed by atoms with Crippen LogP contribution in [0.2, 0.25) is 5.02 Å². The molecule has 1 aromatic rings. The Bertz CT molecular complexity index is 823. The molecule has 4 atom stereocenters. The third-order valence-corrected chi connectivity index (χ3v) is 6.01. The number of anilines is 1. The Labute approximate surface area is 156 Å². The third-order valence-electron chi connectivity index (χ3n) is 5.22. The van der Waals surface area contributed by atoms with E-state index in [-0.39, 0.29) is 11.8 Å². The summed E-state index contributed by atoms with van der Waals surface area (Å²) in [5.74, 6) is -1.87. The number of carbonyl (C=O) groups is 2. The Kier molecular flexibility index (Phi) is 3.43. The topological polar surface area (TPSA) is 65.1 Å². The highest BCUT2D eigenvalue weighted by Gasteiger charge is 2.71. The fourth-order valence-electron chi connectivity index (χ4n) is 4.23. The van der Waals surface area contributed by atoms with Gasteiger partial charge in [-0.15, -0.1) is 0 Å². The number of halogens is 2. The van der Waals surface area contributed by atoms with Crippen LogP contribution in [-0.2, 0) is 23.8 Å². The van der Waals surface area contributed by atoms with Crippen molar-refractivity contribution in [1.82, 2.24) is 0 Å². The van der Waals surface area contributed by atoms with Gasteiger partial charge in [0.2, 0.25) is 11.8 Å². The molecular formula is C17H13BrClNO5. The van der Waals surface area contributed by atoms with E-state index in [0.29, 0.717) is 23.9 Å². The van der Waals surface area contributed by atoms with Gasteiger partial charge in [0.05, 0.1) is 41.9 Å². The minimum atomic E-state index is -1.05. The number of carbonyl (C=O) groups excluding carboxylic acids is 2. The predicted molar refractivity (Wildman–Crippen MR) is 91.1 cm³/mol. The lowest BCUT2D eigenvalue weighted by molar-refractivity contribution is -0.180. The first kappa shape index (κ1) is 16.0. The maximum absolute atomic E-state index is 13.2. The van der Waals surface area contributed by atoms with Crippen molar-refractivity contribution in [3.8, 4) is 0 Å². The second-order valence-electron chi connectivity index (χ2n) is 6.48. The molecule has 4 heterocycles. The molecule has 0 aromatic heterocycles. The Morgan fingerprint density at radius 2 is 1.96 bits per heavy atom. The van der Waals surface area contributed by atoms with E-state index in [4.69, 9.17) is 25.8 Å². The lowest BCUT2D eigenvalue weighted by Crippen LogP contribution is -2.49. The molecule has 8 heteroatoms. The number of nitrogens with zero attached hydrogens (tertiary/aromatic N) is 1. The van der Waals surface area contributed by atoms with Crippen LogP contribution in [0.1, 0.15) is 0 Å². The highest BCUT2D eigenvalue weighted by molar-refractivity contribution is 9.10. The predicted octanol–water partition coefficient (Wildman–Crippen LogP) is 2.29. The monoisotopic (exact) mass is 425 g/mol. The minimum Gasteiger partial charge on any atom is -0.357 e. The highest BCUT2D eigenvalue weighted by Crippen LogP contribution is 2.55. The number of rotatable bonds is 2. The molecule has 1 aromatic carbocycles. The second-order valence-corrected chi connectivity index (χ2v) is 7.80. The van der Waals surface area contributed by atoms with Crippen molar-refractivity contribution in [1.29, 1.82) is 0 Å². The summed E-state index contributed by atoms with van der Waals surface area (Å²) in [6.07, 6.45) is 2.51. The molecule has 0 saturated carbocycles. The van der Waals surface area contributed by atoms with Gasteiger partial charge in [0.15, 0.2) is 11.9 Å². The van der Waals surface area contributed by atoms with Crippen molar-refractivity contribution in [3.05, 3.63) is 39.8 Å². The van der Waals surface area contributed by atoms with Gasteiger partial charge in [-0.2, -0.15) is 0 Å². The molecule has 2 amide bonds. The van der Waals surface area contributed by atoms with Crippen LogP contribution in [0.25, 0.3) is 0 Å². The minimum absolute atomic E-state index is 0.298. The van der Waals surface area contributed by atoms with Gasteiger partial charge in [-0.25, -0.2) is 4.90 Å². The van der Waals surface area contributed by atoms with Crippen molar-refractivity contribution in [2.24, 2.45) is 11.8 Å². The Morgan fingerprint density at radius 3 is 2.68 bits per heavy atom. The zero-order valence-corrected chi connectivity index (χ0v) is 15.2. The number of amides is 2. The molecule has 5 rings (SSSR count). The van der Waals surface area contributed by atoms with E-state index in [0.717, 1.165) is 4.47 Å². The first-order valence-electron chi connectivity index (χ1n) is 7.96. The summed E-state index contributed by atoms with van der Waals surface area (Å²) in [6.45, 7) is 0.881. The van der Waals surface area contributed by atoms with E-state index in [2.05, 4.69) is 15.9 Å². The largest absolute Gasteiger partial charge is 0.357 e. The molecule has 0 N–H and O–H groups in total. The van der Waals surface area contributed by atoms with Crippen LogP contribution < -0.4 is 4.90 Å². The SMILES string of the molecule is O=C1[C@H]2[C@@H](C(=O)N1c1ccc(Br)cc1Cl)[C@@]1(C3OCCO3)C=C[C@H]2O1. The third kappa shape index (κ3) is 2.01. The summed E-state index contributed by atoms with van der Waals surface area (Å²) >= 11 is 9.60. The van der Waals surface area contributed by atoms with Gasteiger partial charge in [0, 0.05) is 4.47 Å². The van der Waals surface area contributed by atoms with Gasteiger partial charge in [-0.3, -0.25) is 9.59 Å². The number of imide groups is 1. The molecule has 6 nitrogen and oxygen atoms in total. The summed E-state index contributed by atoms with van der Waals surface area (Å²) in [6, 6.07) is 5.07. The number of hydrogen-bond acceptors (Lipinski definition) is 5. The summed E-state index contributed by atoms with van der Waals surface area (Å²) in [4.78, 5) is 27.4. The summed E-state index contributed by atoms with van der Waals surface area (Å²) < 4.78 is 18.0. The Hall–Kier alpha value is -1.25. The number of fused-ring (bicyclic) bond motifs is 5. The lowest BCUT2D eigenvalue weighted by atomic mass is 9.76. The van der Waals surface area contributed by atoms with E-state index in [1.54, 1.807) is 18.2 Å². The average molecular weight is 427 g/mol. The molecule has 3 saturated heterocycles. The quantitative estimate of drug-likeness (QED) is 0.536. The van der Waals surface area contributed by atoms with Crippen LogP contribution in [0.15, 0.2) is 34.8 Å². The fraction of sp³-hybridized carbons (Fsp3) is 0.412. The van der Waals surface area contributed by atoms with Crippen molar-refractivity contribution >= 4 is 45.0 Å². The maximum atomic E-state index is 13.2. The van der Waals surface area contributed by atoms with E-state index in [1.165, 1.54) is 4.90 Å². The zero-order valence-electron chi connectivity index (χ0n) is 12.9. The highest BCUT2D eigenvalue weighted by atomic mass is 79.9. The smallest absolute Gasteiger partial charge is 0.241 e. The first-order valence-corrected chi connectivity index (χ1v) is 9.13. The van der Waals surface area contributed by atoms with E-state index < -0.39 is 29.8 Å². The van der Waals surface area contributed by atoms with E-state index >= 15 is 0 Å². The number of ether oxygens (including phenoxy) is 3. The molecule has 0 radical (unpaired) electrons. The maximum Gasteiger partial charge on any atom is 0.241 e. The van der Waals surface area contributed by atoms with Crippen LogP contribution >= 0.6 is 27.5 Å². The number of benzene rings is 1. The second kappa shape index (κ2) is 5.37. The average Bonchev–Trinajstić information content (AvgIpc) is 3.33. The summed E-state index contributed by atoms with van der Waals surface area (Å²) in [5, 5.41) is 0.333. The summed E-state index contributed by atoms with van der Waals surface area (Å²) in [7, 11) is 0. The standard InChI is InChI=1S/C17H13BrClNO5/c18-8-1-2-10(9(19)7-8)20-14(21)12-11-3-4-17(25-11,13(12)15(20)22)16-23-5-6-24-16/h1-4,7,11-13,16H,5-6H2/t11-,12-,13+,17-/m1/s1. The van der Waals surface area contributed by atoms with Crippen LogP contribution in [-0.4, -0.2) is 43.0 Å². The van der Waals surface area contributed by atoms with Crippen LogP contribution in [0.3, 0.4) is 0 Å². The van der Waals surface area contributed by atoms with Crippen molar-refractivity contribution in [2.45, 2.75) is 18.0 Å². The van der Waals surface area contributed by atoms with Gasteiger partial charge in [0.25, 0.3) is 0 Å². The van der Waals surface area contributed by atoms with Crippen LogP contribution in [0.5, 0.6) is 0 Å². The lowest BCUT2D eigenvalue weighted by Gasteiger charge is -2.32. The molecule has 0 unspecified atom stereocenters. The molecule has 130 valence electrons. The Morgan fingerprint density at radius 1 is 1.20 bits per heavy atom. The summed E-state index contributed by atoms with van der Waals surface area (Å²) in [5.41, 5.74) is -0.660. The Balaban J connectivity index is 1.58. The molecule has 25 heavy (non-hydrogen) atoms. The molecule has 0 aliphatic carbocycles. The van der Waals surface area contributed by atoms with Gasteiger partial charge >= 0.3 is 0 Å². The van der Waals surface area contributed by atoms with Gasteiger partial charge in [-0.1, -0.05) is 33.6 Å². The molecule has 0 spiro atoms. The van der Waals surface area contributed by atoms with Gasteiger partial charge < -0.3 is 14.2 Å².